The molecule has 2 rings (SSSR count). The van der Waals surface area contributed by atoms with Gasteiger partial charge in [0.05, 0.1) is 11.3 Å². The molecule has 0 fully saturated rings. The van der Waals surface area contributed by atoms with Gasteiger partial charge >= 0.3 is 0 Å². The predicted molar refractivity (Wildman–Crippen MR) is 87.9 cm³/mol. The maximum absolute atomic E-state index is 12.8. The summed E-state index contributed by atoms with van der Waals surface area (Å²) in [4.78, 5) is 26.9. The van der Waals surface area contributed by atoms with Crippen LogP contribution in [0.5, 0.6) is 0 Å². The van der Waals surface area contributed by atoms with E-state index in [1.807, 2.05) is 32.0 Å². The fraction of sp³-hybridized carbons (Fsp3) is 0.500. The zero-order valence-electron chi connectivity index (χ0n) is 12.8. The number of carbonyl (C=O) groups is 2. The number of hydrogen-bond donors (Lipinski definition) is 1. The Bertz CT molecular complexity index is 531. The first-order chi connectivity index (χ1) is 10.1. The summed E-state index contributed by atoms with van der Waals surface area (Å²) in [6.07, 6.45) is 2.97. The number of hydrogen-bond acceptors (Lipinski definition) is 3. The molecular weight excluding hydrogens is 284 g/mol. The number of anilines is 1. The molecular formula is C16H22N2O2S. The normalized spacial score (nSPS) is 18.5. The molecule has 0 aliphatic carbocycles. The third kappa shape index (κ3) is 3.40. The molecule has 1 aromatic carbocycles. The number of para-hydroxylation sites is 1. The molecule has 1 N–H and O–H groups in total. The van der Waals surface area contributed by atoms with Crippen LogP contribution >= 0.6 is 11.8 Å². The molecule has 5 heteroatoms. The van der Waals surface area contributed by atoms with Crippen molar-refractivity contribution >= 4 is 29.3 Å². The van der Waals surface area contributed by atoms with Crippen molar-refractivity contribution in [2.45, 2.75) is 26.3 Å². The first-order valence-electron chi connectivity index (χ1n) is 7.26. The molecule has 0 aromatic heterocycles. The van der Waals surface area contributed by atoms with Gasteiger partial charge in [0.2, 0.25) is 5.91 Å². The highest BCUT2D eigenvalue weighted by Crippen LogP contribution is 2.26. The lowest BCUT2D eigenvalue weighted by Gasteiger charge is -2.26. The topological polar surface area (TPSA) is 49.4 Å². The molecule has 0 spiro atoms. The van der Waals surface area contributed by atoms with Gasteiger partial charge in [-0.3, -0.25) is 9.59 Å². The van der Waals surface area contributed by atoms with E-state index in [-0.39, 0.29) is 17.7 Å². The molecule has 0 saturated carbocycles. The largest absolute Gasteiger partial charge is 0.340 e. The molecule has 0 saturated heterocycles. The zero-order chi connectivity index (χ0) is 15.4. The van der Waals surface area contributed by atoms with Crippen LogP contribution < -0.4 is 10.2 Å². The Hall–Kier alpha value is -1.49. The highest BCUT2D eigenvalue weighted by molar-refractivity contribution is 7.98. The molecule has 1 aromatic rings. The summed E-state index contributed by atoms with van der Waals surface area (Å²) in [7, 11) is 0. The van der Waals surface area contributed by atoms with Crippen molar-refractivity contribution in [3.05, 3.63) is 29.8 Å². The van der Waals surface area contributed by atoms with E-state index in [0.29, 0.717) is 12.1 Å². The summed E-state index contributed by atoms with van der Waals surface area (Å²) >= 11 is 1.77. The van der Waals surface area contributed by atoms with Gasteiger partial charge in [-0.15, -0.1) is 0 Å². The van der Waals surface area contributed by atoms with Gasteiger partial charge in [0, 0.05) is 6.54 Å². The van der Waals surface area contributed by atoms with Gasteiger partial charge in [0.15, 0.2) is 0 Å². The van der Waals surface area contributed by atoms with Crippen LogP contribution in [-0.4, -0.2) is 36.4 Å². The first-order valence-corrected chi connectivity index (χ1v) is 8.66. The van der Waals surface area contributed by atoms with Crippen molar-refractivity contribution in [2.24, 2.45) is 5.92 Å². The van der Waals surface area contributed by atoms with Crippen molar-refractivity contribution in [3.8, 4) is 0 Å². The van der Waals surface area contributed by atoms with E-state index in [2.05, 4.69) is 11.6 Å². The van der Waals surface area contributed by atoms with Crippen LogP contribution in [0.2, 0.25) is 0 Å². The second-order valence-corrected chi connectivity index (χ2v) is 6.53. The van der Waals surface area contributed by atoms with Crippen molar-refractivity contribution in [2.75, 3.05) is 23.5 Å². The number of amides is 2. The predicted octanol–water partition coefficient (Wildman–Crippen LogP) is 2.54. The molecule has 0 radical (unpaired) electrons. The van der Waals surface area contributed by atoms with Crippen molar-refractivity contribution < 1.29 is 9.59 Å². The third-order valence-electron chi connectivity index (χ3n) is 3.65. The van der Waals surface area contributed by atoms with Crippen LogP contribution in [0.4, 0.5) is 5.69 Å². The molecule has 114 valence electrons. The van der Waals surface area contributed by atoms with E-state index in [1.54, 1.807) is 22.7 Å². The molecule has 1 aliphatic rings. The Morgan fingerprint density at radius 3 is 2.67 bits per heavy atom. The maximum atomic E-state index is 12.8. The van der Waals surface area contributed by atoms with Crippen LogP contribution in [-0.2, 0) is 4.79 Å². The smallest absolute Gasteiger partial charge is 0.254 e. The minimum Gasteiger partial charge on any atom is -0.340 e. The molecule has 1 unspecified atom stereocenters. The summed E-state index contributed by atoms with van der Waals surface area (Å²) in [5.74, 6) is 0.896. The monoisotopic (exact) mass is 306 g/mol. The van der Waals surface area contributed by atoms with E-state index in [0.717, 1.165) is 17.9 Å². The number of fused-ring (bicyclic) bond motifs is 1. The van der Waals surface area contributed by atoms with Crippen molar-refractivity contribution in [1.29, 1.82) is 0 Å². The molecule has 4 nitrogen and oxygen atoms in total. The standard InChI is InChI=1S/C16H22N2O2S/c1-11(2)14-16(20)18(9-6-10-21-3)13-8-5-4-7-12(13)15(19)17-14/h4-5,7-8,11,14H,6,9-10H2,1-3H3,(H,17,19). The van der Waals surface area contributed by atoms with Gasteiger partial charge in [-0.2, -0.15) is 11.8 Å². The maximum Gasteiger partial charge on any atom is 0.254 e. The summed E-state index contributed by atoms with van der Waals surface area (Å²) < 4.78 is 0. The molecule has 0 bridgehead atoms. The Morgan fingerprint density at radius 2 is 2.00 bits per heavy atom. The molecule has 1 aliphatic heterocycles. The summed E-state index contributed by atoms with van der Waals surface area (Å²) in [6.45, 7) is 4.56. The van der Waals surface area contributed by atoms with Gasteiger partial charge in [0.25, 0.3) is 5.91 Å². The Balaban J connectivity index is 2.38. The minimum absolute atomic E-state index is 0.00981. The van der Waals surface area contributed by atoms with E-state index < -0.39 is 6.04 Å². The van der Waals surface area contributed by atoms with Crippen LogP contribution in [0.1, 0.15) is 30.6 Å². The zero-order valence-corrected chi connectivity index (χ0v) is 13.6. The lowest BCUT2D eigenvalue weighted by atomic mass is 10.0. The van der Waals surface area contributed by atoms with Crippen molar-refractivity contribution in [1.82, 2.24) is 5.32 Å². The Labute approximate surface area is 130 Å². The average molecular weight is 306 g/mol. The fourth-order valence-corrected chi connectivity index (χ4v) is 2.94. The lowest BCUT2D eigenvalue weighted by Crippen LogP contribution is -2.49. The average Bonchev–Trinajstić information content (AvgIpc) is 2.57. The van der Waals surface area contributed by atoms with E-state index in [9.17, 15) is 9.59 Å². The Morgan fingerprint density at radius 1 is 1.29 bits per heavy atom. The Kier molecular flexibility index (Phi) is 5.28. The lowest BCUT2D eigenvalue weighted by molar-refractivity contribution is -0.121. The van der Waals surface area contributed by atoms with Crippen molar-refractivity contribution in [3.63, 3.8) is 0 Å². The van der Waals surface area contributed by atoms with E-state index >= 15 is 0 Å². The summed E-state index contributed by atoms with van der Waals surface area (Å²) in [5, 5.41) is 2.87. The molecule has 1 atom stereocenters. The number of nitrogens with zero attached hydrogens (tertiary/aromatic N) is 1. The van der Waals surface area contributed by atoms with E-state index in [1.165, 1.54) is 0 Å². The fourth-order valence-electron chi connectivity index (χ4n) is 2.52. The second kappa shape index (κ2) is 6.98. The first kappa shape index (κ1) is 15.9. The number of nitrogens with one attached hydrogen (secondary N) is 1. The number of benzene rings is 1. The number of carbonyl (C=O) groups excluding carboxylic acids is 2. The van der Waals surface area contributed by atoms with Crippen LogP contribution in [0.15, 0.2) is 24.3 Å². The van der Waals surface area contributed by atoms with Crippen LogP contribution in [0.25, 0.3) is 0 Å². The molecule has 2 amide bonds. The SMILES string of the molecule is CSCCCN1C(=O)C(C(C)C)NC(=O)c2ccccc21. The quantitative estimate of drug-likeness (QED) is 0.851. The third-order valence-corrected chi connectivity index (χ3v) is 4.35. The van der Waals surface area contributed by atoms with Gasteiger partial charge in [0.1, 0.15) is 6.04 Å². The van der Waals surface area contributed by atoms with Gasteiger partial charge in [-0.05, 0) is 36.5 Å². The van der Waals surface area contributed by atoms with Crippen LogP contribution in [0.3, 0.4) is 0 Å². The highest BCUT2D eigenvalue weighted by atomic mass is 32.2. The van der Waals surface area contributed by atoms with Gasteiger partial charge < -0.3 is 10.2 Å². The highest BCUT2D eigenvalue weighted by Gasteiger charge is 2.34. The summed E-state index contributed by atoms with van der Waals surface area (Å²) in [5.41, 5.74) is 1.31. The van der Waals surface area contributed by atoms with Crippen LogP contribution in [0, 0.1) is 5.92 Å². The van der Waals surface area contributed by atoms with Gasteiger partial charge in [-0.1, -0.05) is 26.0 Å². The second-order valence-electron chi connectivity index (χ2n) is 5.55. The van der Waals surface area contributed by atoms with Gasteiger partial charge in [-0.25, -0.2) is 0 Å². The molecule has 21 heavy (non-hydrogen) atoms. The molecule has 1 heterocycles. The number of rotatable bonds is 5. The minimum atomic E-state index is -0.459. The summed E-state index contributed by atoms with van der Waals surface area (Å²) in [6, 6.07) is 6.88. The number of thioether (sulfide) groups is 1. The van der Waals surface area contributed by atoms with E-state index in [4.69, 9.17) is 0 Å².